The normalized spacial score (nSPS) is 11.3. The number of amides is 1. The predicted molar refractivity (Wildman–Crippen MR) is 108 cm³/mol. The molecule has 0 aliphatic carbocycles. The standard InChI is InChI=1S/C19H19ClN4O2S/c1-12-8-15(14(3)24(12)18-9-13(2)26-23-18)10-21-22-19(25)11-27-17-6-4-16(20)5-7-17/h4-10H,11H2,1-3H3,(H,22,25)/b21-10-. The highest BCUT2D eigenvalue weighted by atomic mass is 35.5. The molecule has 0 saturated heterocycles. The smallest absolute Gasteiger partial charge is 0.250 e. The molecule has 3 aromatic rings. The summed E-state index contributed by atoms with van der Waals surface area (Å²) in [6.07, 6.45) is 1.64. The van der Waals surface area contributed by atoms with E-state index in [2.05, 4.69) is 15.7 Å². The van der Waals surface area contributed by atoms with Crippen molar-refractivity contribution < 1.29 is 9.32 Å². The topological polar surface area (TPSA) is 72.4 Å². The van der Waals surface area contributed by atoms with E-state index in [4.69, 9.17) is 16.1 Å². The van der Waals surface area contributed by atoms with Gasteiger partial charge in [-0.2, -0.15) is 5.10 Å². The van der Waals surface area contributed by atoms with Crippen molar-refractivity contribution >= 4 is 35.5 Å². The van der Waals surface area contributed by atoms with Crippen LogP contribution in [0.25, 0.3) is 5.82 Å². The van der Waals surface area contributed by atoms with Crippen LogP contribution in [-0.2, 0) is 4.79 Å². The highest BCUT2D eigenvalue weighted by Gasteiger charge is 2.12. The van der Waals surface area contributed by atoms with Crippen molar-refractivity contribution in [3.63, 3.8) is 0 Å². The molecule has 8 heteroatoms. The highest BCUT2D eigenvalue weighted by Crippen LogP contribution is 2.20. The van der Waals surface area contributed by atoms with Crippen LogP contribution in [-0.4, -0.2) is 27.6 Å². The van der Waals surface area contributed by atoms with Crippen molar-refractivity contribution in [1.82, 2.24) is 15.1 Å². The maximum absolute atomic E-state index is 12.0. The lowest BCUT2D eigenvalue weighted by Crippen LogP contribution is -2.19. The Hall–Kier alpha value is -2.51. The van der Waals surface area contributed by atoms with E-state index in [1.165, 1.54) is 11.8 Å². The first-order valence-corrected chi connectivity index (χ1v) is 9.63. The van der Waals surface area contributed by atoms with Crippen LogP contribution in [0.2, 0.25) is 5.02 Å². The SMILES string of the molecule is Cc1cc(-n2c(C)cc(/C=N\NC(=O)CSc3ccc(Cl)cc3)c2C)no1. The Kier molecular flexibility index (Phi) is 6.03. The second-order valence-electron chi connectivity index (χ2n) is 5.99. The van der Waals surface area contributed by atoms with Crippen LogP contribution in [0.5, 0.6) is 0 Å². The molecule has 0 unspecified atom stereocenters. The highest BCUT2D eigenvalue weighted by molar-refractivity contribution is 8.00. The molecule has 0 bridgehead atoms. The maximum Gasteiger partial charge on any atom is 0.250 e. The fourth-order valence-corrected chi connectivity index (χ4v) is 3.43. The van der Waals surface area contributed by atoms with Crippen molar-refractivity contribution in [2.45, 2.75) is 25.7 Å². The Morgan fingerprint density at radius 3 is 2.70 bits per heavy atom. The van der Waals surface area contributed by atoms with Crippen molar-refractivity contribution in [3.05, 3.63) is 64.1 Å². The molecule has 27 heavy (non-hydrogen) atoms. The van der Waals surface area contributed by atoms with Crippen molar-refractivity contribution in [1.29, 1.82) is 0 Å². The molecule has 0 saturated carbocycles. The molecule has 1 amide bonds. The van der Waals surface area contributed by atoms with Gasteiger partial charge in [0.2, 0.25) is 5.91 Å². The van der Waals surface area contributed by atoms with Gasteiger partial charge in [0.05, 0.1) is 12.0 Å². The molecule has 1 N–H and O–H groups in total. The number of hydrazone groups is 1. The van der Waals surface area contributed by atoms with E-state index >= 15 is 0 Å². The number of aromatic nitrogens is 2. The summed E-state index contributed by atoms with van der Waals surface area (Å²) >= 11 is 7.27. The minimum atomic E-state index is -0.174. The molecule has 0 atom stereocenters. The van der Waals surface area contributed by atoms with Crippen LogP contribution in [0.3, 0.4) is 0 Å². The number of nitrogens with zero attached hydrogens (tertiary/aromatic N) is 3. The first-order chi connectivity index (χ1) is 12.9. The van der Waals surface area contributed by atoms with Crippen LogP contribution >= 0.6 is 23.4 Å². The lowest BCUT2D eigenvalue weighted by atomic mass is 10.3. The fraction of sp³-hybridized carbons (Fsp3) is 0.211. The third kappa shape index (κ3) is 4.81. The summed E-state index contributed by atoms with van der Waals surface area (Å²) < 4.78 is 7.13. The molecule has 140 valence electrons. The Morgan fingerprint density at radius 1 is 1.30 bits per heavy atom. The Bertz CT molecular complexity index is 976. The van der Waals surface area contributed by atoms with Crippen molar-refractivity contribution in [2.24, 2.45) is 5.10 Å². The number of benzene rings is 1. The fourth-order valence-electron chi connectivity index (χ4n) is 2.62. The minimum Gasteiger partial charge on any atom is -0.360 e. The van der Waals surface area contributed by atoms with Gasteiger partial charge in [0.15, 0.2) is 5.82 Å². The number of thioether (sulfide) groups is 1. The third-order valence-electron chi connectivity index (χ3n) is 3.89. The molecule has 0 radical (unpaired) electrons. The Morgan fingerprint density at radius 2 is 2.04 bits per heavy atom. The lowest BCUT2D eigenvalue weighted by Gasteiger charge is -2.04. The third-order valence-corrected chi connectivity index (χ3v) is 5.16. The number of hydrogen-bond donors (Lipinski definition) is 1. The van der Waals surface area contributed by atoms with Crippen LogP contribution in [0.1, 0.15) is 22.7 Å². The van der Waals surface area contributed by atoms with Gasteiger partial charge in [-0.25, -0.2) is 5.43 Å². The molecule has 0 fully saturated rings. The van der Waals surface area contributed by atoms with Crippen LogP contribution in [0, 0.1) is 20.8 Å². The molecule has 2 aromatic heterocycles. The summed E-state index contributed by atoms with van der Waals surface area (Å²) in [5.74, 6) is 1.58. The van der Waals surface area contributed by atoms with Crippen molar-refractivity contribution in [3.8, 4) is 5.82 Å². The molecule has 0 aliphatic rings. The maximum atomic E-state index is 12.0. The molecular weight excluding hydrogens is 384 g/mol. The molecule has 1 aromatic carbocycles. The van der Waals surface area contributed by atoms with Gasteiger partial charge in [0.1, 0.15) is 5.76 Å². The number of halogens is 1. The van der Waals surface area contributed by atoms with Gasteiger partial charge in [-0.1, -0.05) is 16.8 Å². The summed E-state index contributed by atoms with van der Waals surface area (Å²) in [7, 11) is 0. The molecule has 2 heterocycles. The second-order valence-corrected chi connectivity index (χ2v) is 7.48. The largest absolute Gasteiger partial charge is 0.360 e. The second kappa shape index (κ2) is 8.45. The monoisotopic (exact) mass is 402 g/mol. The summed E-state index contributed by atoms with van der Waals surface area (Å²) in [4.78, 5) is 12.9. The van der Waals surface area contributed by atoms with Gasteiger partial charge in [-0.3, -0.25) is 9.36 Å². The van der Waals surface area contributed by atoms with E-state index in [1.807, 2.05) is 49.6 Å². The van der Waals surface area contributed by atoms with Gasteiger partial charge in [0, 0.05) is 32.9 Å². The zero-order chi connectivity index (χ0) is 19.4. The summed E-state index contributed by atoms with van der Waals surface area (Å²) in [5.41, 5.74) is 5.43. The number of rotatable bonds is 6. The van der Waals surface area contributed by atoms with E-state index in [-0.39, 0.29) is 11.7 Å². The van der Waals surface area contributed by atoms with E-state index in [1.54, 1.807) is 18.3 Å². The van der Waals surface area contributed by atoms with Crippen molar-refractivity contribution in [2.75, 3.05) is 5.75 Å². The number of carbonyl (C=O) groups is 1. The number of hydrogen-bond acceptors (Lipinski definition) is 5. The van der Waals surface area contributed by atoms with Gasteiger partial charge >= 0.3 is 0 Å². The van der Waals surface area contributed by atoms with Gasteiger partial charge in [-0.05, 0) is 51.1 Å². The molecular formula is C19H19ClN4O2S. The summed E-state index contributed by atoms with van der Waals surface area (Å²) in [5, 5.41) is 8.79. The summed E-state index contributed by atoms with van der Waals surface area (Å²) in [6, 6.07) is 11.2. The quantitative estimate of drug-likeness (QED) is 0.379. The number of aryl methyl sites for hydroxylation is 2. The van der Waals surface area contributed by atoms with Gasteiger partial charge in [-0.15, -0.1) is 11.8 Å². The first kappa shape index (κ1) is 19.3. The van der Waals surface area contributed by atoms with E-state index in [0.29, 0.717) is 5.02 Å². The summed E-state index contributed by atoms with van der Waals surface area (Å²) in [6.45, 7) is 5.80. The van der Waals surface area contributed by atoms with Crippen LogP contribution in [0.15, 0.2) is 50.9 Å². The molecule has 0 spiro atoms. The number of nitrogens with one attached hydrogen (secondary N) is 1. The first-order valence-electron chi connectivity index (χ1n) is 8.27. The average molecular weight is 403 g/mol. The lowest BCUT2D eigenvalue weighted by molar-refractivity contribution is -0.118. The van der Waals surface area contributed by atoms with Crippen LogP contribution in [0.4, 0.5) is 0 Å². The van der Waals surface area contributed by atoms with E-state index < -0.39 is 0 Å². The predicted octanol–water partition coefficient (Wildman–Crippen LogP) is 4.29. The molecule has 3 rings (SSSR count). The van der Waals surface area contributed by atoms with E-state index in [0.717, 1.165) is 33.4 Å². The molecule has 6 nitrogen and oxygen atoms in total. The Labute approximate surface area is 166 Å². The average Bonchev–Trinajstić information content (AvgIpc) is 3.17. The minimum absolute atomic E-state index is 0.174. The zero-order valence-electron chi connectivity index (χ0n) is 15.2. The molecule has 0 aliphatic heterocycles. The van der Waals surface area contributed by atoms with Gasteiger partial charge < -0.3 is 4.52 Å². The zero-order valence-corrected chi connectivity index (χ0v) is 16.8. The number of carbonyl (C=O) groups excluding carboxylic acids is 1. The van der Waals surface area contributed by atoms with E-state index in [9.17, 15) is 4.79 Å². The van der Waals surface area contributed by atoms with Gasteiger partial charge in [0.25, 0.3) is 0 Å². The van der Waals surface area contributed by atoms with Crippen LogP contribution < -0.4 is 5.43 Å². The Balaban J connectivity index is 1.59.